The quantitative estimate of drug-likeness (QED) is 0.846. The molecule has 0 N–H and O–H groups in total. The number of hydrogen-bond acceptors (Lipinski definition) is 5. The Morgan fingerprint density at radius 1 is 1.21 bits per heavy atom. The summed E-state index contributed by atoms with van der Waals surface area (Å²) in [7, 11) is 0. The first-order valence-corrected chi connectivity index (χ1v) is 8.77. The first-order valence-electron chi connectivity index (χ1n) is 8.77. The molecule has 2 aromatic heterocycles. The van der Waals surface area contributed by atoms with Gasteiger partial charge in [-0.2, -0.15) is 5.10 Å². The van der Waals surface area contributed by atoms with Crippen molar-refractivity contribution in [1.29, 1.82) is 0 Å². The van der Waals surface area contributed by atoms with Gasteiger partial charge in [-0.25, -0.2) is 0 Å². The van der Waals surface area contributed by atoms with Gasteiger partial charge in [-0.05, 0) is 55.5 Å². The van der Waals surface area contributed by atoms with Gasteiger partial charge in [0.25, 0.3) is 0 Å². The average Bonchev–Trinajstić information content (AvgIpc) is 3.14. The van der Waals surface area contributed by atoms with Gasteiger partial charge in [-0.1, -0.05) is 6.42 Å². The predicted molar refractivity (Wildman–Crippen MR) is 92.6 cm³/mol. The number of ether oxygens (including phenoxy) is 1. The van der Waals surface area contributed by atoms with Crippen LogP contribution in [0, 0.1) is 18.3 Å². The van der Waals surface area contributed by atoms with Crippen LogP contribution in [0.5, 0.6) is 0 Å². The van der Waals surface area contributed by atoms with Crippen LogP contribution in [0.1, 0.15) is 30.5 Å². The van der Waals surface area contributed by atoms with Gasteiger partial charge in [0.1, 0.15) is 0 Å². The van der Waals surface area contributed by atoms with Crippen molar-refractivity contribution in [3.8, 4) is 0 Å². The molecule has 24 heavy (non-hydrogen) atoms. The van der Waals surface area contributed by atoms with Crippen molar-refractivity contribution in [3.63, 3.8) is 0 Å². The van der Waals surface area contributed by atoms with E-state index in [1.54, 1.807) is 0 Å². The molecule has 0 radical (unpaired) electrons. The minimum absolute atomic E-state index is 0.277. The van der Waals surface area contributed by atoms with Gasteiger partial charge in [0.05, 0.1) is 18.9 Å². The van der Waals surface area contributed by atoms with Gasteiger partial charge in [-0.3, -0.25) is 4.98 Å². The van der Waals surface area contributed by atoms with Crippen LogP contribution in [0.3, 0.4) is 0 Å². The maximum atomic E-state index is 6.12. The number of pyridine rings is 1. The van der Waals surface area contributed by atoms with E-state index in [0.29, 0.717) is 12.5 Å². The van der Waals surface area contributed by atoms with Crippen molar-refractivity contribution < 1.29 is 4.74 Å². The highest BCUT2D eigenvalue weighted by molar-refractivity contribution is 5.40. The summed E-state index contributed by atoms with van der Waals surface area (Å²) in [5.74, 6) is 1.71. The second-order valence-corrected chi connectivity index (χ2v) is 7.21. The summed E-state index contributed by atoms with van der Waals surface area (Å²) in [6.45, 7) is 5.59. The number of anilines is 1. The van der Waals surface area contributed by atoms with Gasteiger partial charge in [-0.15, -0.1) is 5.10 Å². The summed E-state index contributed by atoms with van der Waals surface area (Å²) in [5, 5.41) is 8.59. The highest BCUT2D eigenvalue weighted by Crippen LogP contribution is 2.49. The molecule has 0 unspecified atom stereocenters. The molecule has 2 aromatic rings. The molecule has 126 valence electrons. The molecule has 5 heteroatoms. The Morgan fingerprint density at radius 3 is 2.88 bits per heavy atom. The third kappa shape index (κ3) is 3.00. The molecule has 1 saturated carbocycles. The Bertz CT molecular complexity index is 676. The molecule has 2 aliphatic rings. The van der Waals surface area contributed by atoms with Crippen molar-refractivity contribution in [2.24, 2.45) is 11.3 Å². The molecule has 0 bridgehead atoms. The third-order valence-electron chi connectivity index (χ3n) is 5.56. The number of hydrogen-bond donors (Lipinski definition) is 0. The van der Waals surface area contributed by atoms with Crippen molar-refractivity contribution in [1.82, 2.24) is 15.2 Å². The van der Waals surface area contributed by atoms with Crippen LogP contribution < -0.4 is 4.90 Å². The molecular weight excluding hydrogens is 300 g/mol. The van der Waals surface area contributed by atoms with E-state index in [1.807, 2.05) is 37.5 Å². The smallest absolute Gasteiger partial charge is 0.151 e. The van der Waals surface area contributed by atoms with E-state index in [9.17, 15) is 0 Å². The van der Waals surface area contributed by atoms with Crippen LogP contribution in [-0.4, -0.2) is 34.9 Å². The van der Waals surface area contributed by atoms with Gasteiger partial charge >= 0.3 is 0 Å². The molecule has 1 aliphatic carbocycles. The van der Waals surface area contributed by atoms with Crippen LogP contribution in [0.15, 0.2) is 36.7 Å². The second kappa shape index (κ2) is 6.48. The summed E-state index contributed by atoms with van der Waals surface area (Å²) in [6, 6.07) is 8.18. The van der Waals surface area contributed by atoms with Crippen molar-refractivity contribution >= 4 is 5.82 Å². The van der Waals surface area contributed by atoms with E-state index in [0.717, 1.165) is 31.2 Å². The minimum atomic E-state index is 0.277. The Hall–Kier alpha value is -2.01. The molecule has 2 atom stereocenters. The maximum absolute atomic E-state index is 6.12. The largest absolute Gasteiger partial charge is 0.376 e. The Balaban J connectivity index is 1.42. The Morgan fingerprint density at radius 2 is 2.08 bits per heavy atom. The molecular formula is C19H24N4O. The topological polar surface area (TPSA) is 51.1 Å². The summed E-state index contributed by atoms with van der Waals surface area (Å²) < 4.78 is 6.12. The van der Waals surface area contributed by atoms with Gasteiger partial charge in [0.2, 0.25) is 0 Å². The molecule has 0 aromatic carbocycles. The standard InChI is InChI=1S/C19H24N4O/c1-15-4-5-18(22-21-15)23-11-17-3-2-8-19(17,13-23)14-24-12-16-6-9-20-10-7-16/h4-7,9-10,17H,2-3,8,11-14H2,1H3/t17-,19+/m0/s1. The lowest BCUT2D eigenvalue weighted by Crippen LogP contribution is -2.32. The number of rotatable bonds is 5. The van der Waals surface area contributed by atoms with Crippen molar-refractivity contribution in [2.75, 3.05) is 24.6 Å². The normalized spacial score (nSPS) is 25.9. The summed E-state index contributed by atoms with van der Waals surface area (Å²) in [5.41, 5.74) is 2.43. The number of aryl methyl sites for hydroxylation is 1. The van der Waals surface area contributed by atoms with Crippen molar-refractivity contribution in [3.05, 3.63) is 47.9 Å². The lowest BCUT2D eigenvalue weighted by atomic mass is 9.81. The van der Waals surface area contributed by atoms with Crippen LogP contribution >= 0.6 is 0 Å². The van der Waals surface area contributed by atoms with E-state index < -0.39 is 0 Å². The number of nitrogens with zero attached hydrogens (tertiary/aromatic N) is 4. The Kier molecular flexibility index (Phi) is 4.19. The monoisotopic (exact) mass is 324 g/mol. The maximum Gasteiger partial charge on any atom is 0.151 e. The van der Waals surface area contributed by atoms with Crippen molar-refractivity contribution in [2.45, 2.75) is 32.8 Å². The minimum Gasteiger partial charge on any atom is -0.376 e. The molecule has 3 heterocycles. The van der Waals surface area contributed by atoms with Crippen LogP contribution in [-0.2, 0) is 11.3 Å². The van der Waals surface area contributed by atoms with Crippen LogP contribution in [0.25, 0.3) is 0 Å². The third-order valence-corrected chi connectivity index (χ3v) is 5.56. The van der Waals surface area contributed by atoms with E-state index in [1.165, 1.54) is 24.8 Å². The first-order chi connectivity index (χ1) is 11.8. The first kappa shape index (κ1) is 15.5. The van der Waals surface area contributed by atoms with E-state index in [2.05, 4.69) is 26.1 Å². The molecule has 4 rings (SSSR count). The summed E-state index contributed by atoms with van der Waals surface area (Å²) >= 11 is 0. The van der Waals surface area contributed by atoms with Crippen LogP contribution in [0.2, 0.25) is 0 Å². The lowest BCUT2D eigenvalue weighted by Gasteiger charge is -2.28. The van der Waals surface area contributed by atoms with E-state index in [-0.39, 0.29) is 5.41 Å². The molecule has 0 amide bonds. The van der Waals surface area contributed by atoms with Gasteiger partial charge < -0.3 is 9.64 Å². The predicted octanol–water partition coefficient (Wildman–Crippen LogP) is 3.00. The zero-order valence-corrected chi connectivity index (χ0v) is 14.2. The fourth-order valence-electron chi connectivity index (χ4n) is 4.24. The molecule has 1 saturated heterocycles. The summed E-state index contributed by atoms with van der Waals surface area (Å²) in [4.78, 5) is 6.45. The van der Waals surface area contributed by atoms with E-state index in [4.69, 9.17) is 4.74 Å². The molecule has 1 aliphatic heterocycles. The number of aromatic nitrogens is 3. The number of fused-ring (bicyclic) bond motifs is 1. The van der Waals surface area contributed by atoms with Crippen LogP contribution in [0.4, 0.5) is 5.82 Å². The molecule has 0 spiro atoms. The fourth-order valence-corrected chi connectivity index (χ4v) is 4.24. The lowest BCUT2D eigenvalue weighted by molar-refractivity contribution is 0.0315. The molecule has 2 fully saturated rings. The Labute approximate surface area is 143 Å². The van der Waals surface area contributed by atoms with E-state index >= 15 is 0 Å². The fraction of sp³-hybridized carbons (Fsp3) is 0.526. The molecule has 5 nitrogen and oxygen atoms in total. The van der Waals surface area contributed by atoms with Gasteiger partial charge in [0, 0.05) is 30.9 Å². The highest BCUT2D eigenvalue weighted by Gasteiger charge is 2.49. The zero-order valence-electron chi connectivity index (χ0n) is 14.2. The zero-order chi connectivity index (χ0) is 16.4. The highest BCUT2D eigenvalue weighted by atomic mass is 16.5. The van der Waals surface area contributed by atoms with Gasteiger partial charge in [0.15, 0.2) is 5.82 Å². The average molecular weight is 324 g/mol. The second-order valence-electron chi connectivity index (χ2n) is 7.21. The summed E-state index contributed by atoms with van der Waals surface area (Å²) in [6.07, 6.45) is 7.51. The SMILES string of the molecule is Cc1ccc(N2C[C@@H]3CCC[C@]3(COCc3ccncc3)C2)nn1.